The molecular formula is C6H14O3P+. The molecule has 0 unspecified atom stereocenters. The maximum Gasteiger partial charge on any atom is 0.261 e. The normalized spacial score (nSPS) is 12.1. The quantitative estimate of drug-likeness (QED) is 0.471. The van der Waals surface area contributed by atoms with Gasteiger partial charge < -0.3 is 10.2 Å². The first-order valence-corrected chi connectivity index (χ1v) is 5.47. The van der Waals surface area contributed by atoms with Crippen LogP contribution >= 0.6 is 7.26 Å². The van der Waals surface area contributed by atoms with E-state index in [-0.39, 0.29) is 18.4 Å². The van der Waals surface area contributed by atoms with Gasteiger partial charge in [-0.15, -0.1) is 0 Å². The summed E-state index contributed by atoms with van der Waals surface area (Å²) in [5.41, 5.74) is 0.0833. The second kappa shape index (κ2) is 4.02. The average molecular weight is 165 g/mol. The topological polar surface area (TPSA) is 57.5 Å². The van der Waals surface area contributed by atoms with Crippen molar-refractivity contribution in [3.8, 4) is 0 Å². The molecule has 2 N–H and O–H groups in total. The van der Waals surface area contributed by atoms with Gasteiger partial charge in [-0.05, 0) is 13.8 Å². The van der Waals surface area contributed by atoms with Crippen LogP contribution in [0.25, 0.3) is 0 Å². The number of rotatable bonds is 4. The van der Waals surface area contributed by atoms with Crippen molar-refractivity contribution in [2.24, 2.45) is 0 Å². The predicted molar refractivity (Wildman–Crippen MR) is 43.0 cm³/mol. The Labute approximate surface area is 61.4 Å². The van der Waals surface area contributed by atoms with Gasteiger partial charge in [-0.1, -0.05) is 0 Å². The van der Waals surface area contributed by atoms with Crippen LogP contribution < -0.4 is 0 Å². The number of hydrogen-bond acceptors (Lipinski definition) is 3. The van der Waals surface area contributed by atoms with Crippen LogP contribution in [0.5, 0.6) is 0 Å². The van der Waals surface area contributed by atoms with Crippen molar-refractivity contribution < 1.29 is 15.0 Å². The molecule has 0 aliphatic carbocycles. The van der Waals surface area contributed by atoms with Crippen LogP contribution in [0.15, 0.2) is 0 Å². The van der Waals surface area contributed by atoms with Crippen LogP contribution in [0.2, 0.25) is 0 Å². The molecule has 0 saturated heterocycles. The third-order valence-corrected chi connectivity index (χ3v) is 5.29. The van der Waals surface area contributed by atoms with Crippen molar-refractivity contribution in [1.29, 1.82) is 0 Å². The molecule has 0 saturated carbocycles. The van der Waals surface area contributed by atoms with Crippen LogP contribution in [-0.4, -0.2) is 34.6 Å². The van der Waals surface area contributed by atoms with Gasteiger partial charge in [0.25, 0.3) is 6.03 Å². The van der Waals surface area contributed by atoms with Crippen molar-refractivity contribution in [2.45, 2.75) is 19.5 Å². The summed E-state index contributed by atoms with van der Waals surface area (Å²) in [5, 5.41) is 17.6. The number of aliphatic hydroxyl groups is 2. The number of carbonyl (C=O) groups is 1. The predicted octanol–water partition coefficient (Wildman–Crippen LogP) is 0.502. The molecule has 0 aromatic heterocycles. The minimum Gasteiger partial charge on any atom is -0.361 e. The molecule has 4 heteroatoms. The van der Waals surface area contributed by atoms with Gasteiger partial charge in [0, 0.05) is 0 Å². The van der Waals surface area contributed by atoms with Gasteiger partial charge >= 0.3 is 0 Å². The second-order valence-electron chi connectivity index (χ2n) is 2.58. The Morgan fingerprint density at radius 2 is 1.80 bits per heavy atom. The summed E-state index contributed by atoms with van der Waals surface area (Å²) in [4.78, 5) is 10.5. The zero-order valence-corrected chi connectivity index (χ0v) is 7.21. The van der Waals surface area contributed by atoms with E-state index in [2.05, 4.69) is 0 Å². The Hall–Kier alpha value is 0.0200. The molecule has 0 spiro atoms. The number of carbonyl (C=O) groups excluding carboxylic acids is 1. The van der Waals surface area contributed by atoms with E-state index in [0.29, 0.717) is 0 Å². The molecule has 3 nitrogen and oxygen atoms in total. The largest absolute Gasteiger partial charge is 0.361 e. The van der Waals surface area contributed by atoms with Gasteiger partial charge in [0.2, 0.25) is 0 Å². The molecule has 0 atom stereocenters. The highest BCUT2D eigenvalue weighted by Crippen LogP contribution is 2.58. The smallest absolute Gasteiger partial charge is 0.261 e. The molecule has 0 bridgehead atoms. The average Bonchev–Trinajstić information content (AvgIpc) is 1.92. The van der Waals surface area contributed by atoms with E-state index in [0.717, 1.165) is 6.03 Å². The van der Waals surface area contributed by atoms with Gasteiger partial charge in [-0.2, -0.15) is 0 Å². The zero-order valence-electron chi connectivity index (χ0n) is 6.32. The highest BCUT2D eigenvalue weighted by atomic mass is 31.2. The first-order chi connectivity index (χ1) is 4.63. The highest BCUT2D eigenvalue weighted by molar-refractivity contribution is 7.89. The fourth-order valence-corrected chi connectivity index (χ4v) is 1.68. The molecule has 0 fully saturated rings. The van der Waals surface area contributed by atoms with Gasteiger partial charge in [0.1, 0.15) is 7.26 Å². The van der Waals surface area contributed by atoms with E-state index in [4.69, 9.17) is 10.2 Å². The minimum atomic E-state index is -2.08. The van der Waals surface area contributed by atoms with Crippen LogP contribution in [0.4, 0.5) is 0 Å². The van der Waals surface area contributed by atoms with Crippen LogP contribution in [0.1, 0.15) is 13.8 Å². The summed E-state index contributed by atoms with van der Waals surface area (Å²) in [6, 6.07) is 0.734. The number of aliphatic hydroxyl groups excluding tert-OH is 2. The monoisotopic (exact) mass is 165 g/mol. The Morgan fingerprint density at radius 1 is 1.40 bits per heavy atom. The van der Waals surface area contributed by atoms with E-state index in [1.165, 1.54) is 0 Å². The highest BCUT2D eigenvalue weighted by Gasteiger charge is 2.40. The lowest BCUT2D eigenvalue weighted by Crippen LogP contribution is -2.14. The first-order valence-electron chi connectivity index (χ1n) is 3.17. The molecule has 0 radical (unpaired) electrons. The molecule has 0 amide bonds. The number of hydrogen-bond donors (Lipinski definition) is 2. The fraction of sp³-hybridized carbons (Fsp3) is 0.833. The maximum atomic E-state index is 10.5. The van der Waals surface area contributed by atoms with E-state index in [9.17, 15) is 4.79 Å². The SMILES string of the molecule is CC(C)[P+](C=O)(CO)CO. The second-order valence-corrected chi connectivity index (χ2v) is 6.60. The van der Waals surface area contributed by atoms with Gasteiger partial charge in [-0.3, -0.25) is 4.79 Å². The molecule has 10 heavy (non-hydrogen) atoms. The van der Waals surface area contributed by atoms with Crippen molar-refractivity contribution in [3.63, 3.8) is 0 Å². The summed E-state index contributed by atoms with van der Waals surface area (Å²) < 4.78 is 0. The van der Waals surface area contributed by atoms with E-state index in [1.54, 1.807) is 0 Å². The lowest BCUT2D eigenvalue weighted by atomic mass is 10.6. The van der Waals surface area contributed by atoms with Gasteiger partial charge in [-0.25, -0.2) is 0 Å². The van der Waals surface area contributed by atoms with E-state index < -0.39 is 7.26 Å². The molecule has 0 heterocycles. The Balaban J connectivity index is 4.30. The maximum absolute atomic E-state index is 10.5. The molecule has 0 aromatic carbocycles. The Bertz CT molecular complexity index is 110. The third-order valence-electron chi connectivity index (χ3n) is 1.76. The Kier molecular flexibility index (Phi) is 4.02. The van der Waals surface area contributed by atoms with Gasteiger partial charge in [0.15, 0.2) is 12.7 Å². The lowest BCUT2D eigenvalue weighted by molar-refractivity contribution is 0.338. The van der Waals surface area contributed by atoms with E-state index in [1.807, 2.05) is 13.8 Å². The van der Waals surface area contributed by atoms with Crippen LogP contribution in [0.3, 0.4) is 0 Å². The zero-order chi connectivity index (χ0) is 8.20. The summed E-state index contributed by atoms with van der Waals surface area (Å²) in [6.45, 7) is 3.68. The summed E-state index contributed by atoms with van der Waals surface area (Å²) in [5.74, 6) is 0. The molecule has 60 valence electrons. The van der Waals surface area contributed by atoms with Crippen LogP contribution in [-0.2, 0) is 4.79 Å². The van der Waals surface area contributed by atoms with Gasteiger partial charge in [0.05, 0.1) is 5.66 Å². The van der Waals surface area contributed by atoms with Crippen molar-refractivity contribution in [3.05, 3.63) is 0 Å². The van der Waals surface area contributed by atoms with E-state index >= 15 is 0 Å². The molecule has 0 aliphatic heterocycles. The summed E-state index contributed by atoms with van der Waals surface area (Å²) >= 11 is 0. The molecule has 0 aromatic rings. The van der Waals surface area contributed by atoms with Crippen molar-refractivity contribution in [2.75, 3.05) is 12.7 Å². The standard InChI is InChI=1S/C6H14O3P/c1-6(2)10(3-7,4-8)5-9/h3,6,8-9H,4-5H2,1-2H3/q+1. The Morgan fingerprint density at radius 3 is 1.80 bits per heavy atom. The molecule has 0 aliphatic rings. The molecular weight excluding hydrogens is 151 g/mol. The lowest BCUT2D eigenvalue weighted by Gasteiger charge is -2.18. The van der Waals surface area contributed by atoms with Crippen LogP contribution in [0, 0.1) is 0 Å². The minimum absolute atomic E-state index is 0.0833. The van der Waals surface area contributed by atoms with Crippen molar-refractivity contribution in [1.82, 2.24) is 0 Å². The van der Waals surface area contributed by atoms with Crippen molar-refractivity contribution >= 4 is 13.3 Å². The molecule has 0 rings (SSSR count). The fourth-order valence-electron chi connectivity index (χ4n) is 0.560. The third kappa shape index (κ3) is 1.75. The summed E-state index contributed by atoms with van der Waals surface area (Å²) in [6.07, 6.45) is -0.352. The first kappa shape index (κ1) is 10.0. The summed E-state index contributed by atoms with van der Waals surface area (Å²) in [7, 11) is -2.08.